The SMILES string of the molecule is CSCC[C@@H](C(=O)N(C)c1nc2ccccc2s1)N1C(=O)[C@H]2CCCC[C@H]2C1=O. The molecule has 29 heavy (non-hydrogen) atoms. The molecule has 154 valence electrons. The number of carbonyl (C=O) groups is 3. The van der Waals surface area contributed by atoms with E-state index in [1.165, 1.54) is 21.1 Å². The van der Waals surface area contributed by atoms with Gasteiger partial charge in [0.05, 0.1) is 22.1 Å². The molecule has 3 atom stereocenters. The Morgan fingerprint density at radius 1 is 1.24 bits per heavy atom. The third-order valence-corrected chi connectivity index (χ3v) is 7.72. The minimum atomic E-state index is -0.759. The molecular weight excluding hydrogens is 406 g/mol. The van der Waals surface area contributed by atoms with E-state index in [1.807, 2.05) is 30.5 Å². The number of benzene rings is 1. The van der Waals surface area contributed by atoms with Crippen LogP contribution in [0.5, 0.6) is 0 Å². The van der Waals surface area contributed by atoms with Gasteiger partial charge in [-0.1, -0.05) is 36.3 Å². The summed E-state index contributed by atoms with van der Waals surface area (Å²) in [5.74, 6) is -0.328. The molecule has 1 aromatic heterocycles. The van der Waals surface area contributed by atoms with Crippen molar-refractivity contribution in [2.45, 2.75) is 38.1 Å². The van der Waals surface area contributed by atoms with Crippen LogP contribution in [0.3, 0.4) is 0 Å². The van der Waals surface area contributed by atoms with Crippen LogP contribution in [0.1, 0.15) is 32.1 Å². The number of hydrogen-bond donors (Lipinski definition) is 0. The first-order valence-electron chi connectivity index (χ1n) is 10.0. The Balaban J connectivity index is 1.62. The van der Waals surface area contributed by atoms with Crippen LogP contribution in [0.25, 0.3) is 10.2 Å². The first-order valence-corrected chi connectivity index (χ1v) is 12.2. The van der Waals surface area contributed by atoms with E-state index in [9.17, 15) is 14.4 Å². The molecule has 2 aromatic rings. The maximum atomic E-state index is 13.4. The molecule has 1 aliphatic carbocycles. The number of likely N-dealkylation sites (N-methyl/N-ethyl adjacent to an activating group) is 1. The number of thiazole rings is 1. The van der Waals surface area contributed by atoms with Crippen LogP contribution in [0.15, 0.2) is 24.3 Å². The van der Waals surface area contributed by atoms with Crippen LogP contribution in [-0.4, -0.2) is 52.7 Å². The molecule has 0 unspecified atom stereocenters. The number of nitrogens with zero attached hydrogens (tertiary/aromatic N) is 3. The molecule has 0 spiro atoms. The molecule has 3 amide bonds. The number of imide groups is 1. The second-order valence-electron chi connectivity index (χ2n) is 7.70. The fourth-order valence-corrected chi connectivity index (χ4v) is 5.80. The van der Waals surface area contributed by atoms with Crippen LogP contribution in [0, 0.1) is 11.8 Å². The monoisotopic (exact) mass is 431 g/mol. The summed E-state index contributed by atoms with van der Waals surface area (Å²) in [6.45, 7) is 0. The molecule has 8 heteroatoms. The lowest BCUT2D eigenvalue weighted by atomic mass is 9.81. The van der Waals surface area contributed by atoms with Crippen molar-refractivity contribution in [1.82, 2.24) is 9.88 Å². The summed E-state index contributed by atoms with van der Waals surface area (Å²) in [6, 6.07) is 6.98. The van der Waals surface area contributed by atoms with Crippen molar-refractivity contribution in [2.24, 2.45) is 11.8 Å². The number of hydrogen-bond acceptors (Lipinski definition) is 6. The number of thioether (sulfide) groups is 1. The van der Waals surface area contributed by atoms with Crippen molar-refractivity contribution in [1.29, 1.82) is 0 Å². The predicted molar refractivity (Wildman–Crippen MR) is 117 cm³/mol. The van der Waals surface area contributed by atoms with Gasteiger partial charge in [-0.3, -0.25) is 24.2 Å². The second kappa shape index (κ2) is 8.44. The van der Waals surface area contributed by atoms with Gasteiger partial charge in [-0.25, -0.2) is 4.98 Å². The van der Waals surface area contributed by atoms with Gasteiger partial charge in [0.15, 0.2) is 5.13 Å². The molecule has 4 rings (SSSR count). The summed E-state index contributed by atoms with van der Waals surface area (Å²) in [5.41, 5.74) is 0.840. The minimum absolute atomic E-state index is 0.156. The van der Waals surface area contributed by atoms with Gasteiger partial charge in [-0.15, -0.1) is 0 Å². The van der Waals surface area contributed by atoms with Gasteiger partial charge in [0, 0.05) is 7.05 Å². The van der Waals surface area contributed by atoms with Gasteiger partial charge < -0.3 is 0 Å². The van der Waals surface area contributed by atoms with Crippen molar-refractivity contribution in [2.75, 3.05) is 24.0 Å². The molecule has 2 heterocycles. The fourth-order valence-electron chi connectivity index (χ4n) is 4.41. The van der Waals surface area contributed by atoms with Crippen LogP contribution in [-0.2, 0) is 14.4 Å². The normalized spacial score (nSPS) is 22.8. The number of amides is 3. The highest BCUT2D eigenvalue weighted by Gasteiger charge is 2.52. The zero-order chi connectivity index (χ0) is 20.5. The predicted octanol–water partition coefficient (Wildman–Crippen LogP) is 3.56. The maximum Gasteiger partial charge on any atom is 0.251 e. The number of rotatable bonds is 6. The van der Waals surface area contributed by atoms with Crippen molar-refractivity contribution in [3.05, 3.63) is 24.3 Å². The van der Waals surface area contributed by atoms with Crippen molar-refractivity contribution in [3.63, 3.8) is 0 Å². The number of para-hydroxylation sites is 1. The van der Waals surface area contributed by atoms with E-state index in [1.54, 1.807) is 18.8 Å². The number of likely N-dealkylation sites (tertiary alicyclic amines) is 1. The van der Waals surface area contributed by atoms with Crippen LogP contribution >= 0.6 is 23.1 Å². The molecule has 1 aliphatic heterocycles. The largest absolute Gasteiger partial charge is 0.289 e. The van der Waals surface area contributed by atoms with Crippen molar-refractivity contribution >= 4 is 56.2 Å². The Bertz CT molecular complexity index is 887. The Hall–Kier alpha value is -1.93. The smallest absolute Gasteiger partial charge is 0.251 e. The molecule has 6 nitrogen and oxygen atoms in total. The summed E-state index contributed by atoms with van der Waals surface area (Å²) >= 11 is 3.05. The van der Waals surface area contributed by atoms with E-state index in [0.717, 1.165) is 35.9 Å². The molecule has 0 N–H and O–H groups in total. The summed E-state index contributed by atoms with van der Waals surface area (Å²) in [7, 11) is 1.68. The third-order valence-electron chi connectivity index (χ3n) is 5.97. The van der Waals surface area contributed by atoms with Crippen LogP contribution in [0.4, 0.5) is 5.13 Å². The van der Waals surface area contributed by atoms with Crippen LogP contribution < -0.4 is 4.90 Å². The van der Waals surface area contributed by atoms with Gasteiger partial charge in [-0.05, 0) is 43.4 Å². The number of anilines is 1. The highest BCUT2D eigenvalue weighted by molar-refractivity contribution is 7.98. The molecule has 1 aromatic carbocycles. The molecule has 0 radical (unpaired) electrons. The number of carbonyl (C=O) groups excluding carboxylic acids is 3. The average molecular weight is 432 g/mol. The highest BCUT2D eigenvalue weighted by atomic mass is 32.2. The lowest BCUT2D eigenvalue weighted by Crippen LogP contribution is -2.51. The van der Waals surface area contributed by atoms with E-state index in [2.05, 4.69) is 4.98 Å². The van der Waals surface area contributed by atoms with E-state index >= 15 is 0 Å². The summed E-state index contributed by atoms with van der Waals surface area (Å²) < 4.78 is 1.00. The lowest BCUT2D eigenvalue weighted by Gasteiger charge is -2.28. The summed E-state index contributed by atoms with van der Waals surface area (Å²) in [5, 5.41) is 0.585. The zero-order valence-corrected chi connectivity index (χ0v) is 18.3. The number of aromatic nitrogens is 1. The van der Waals surface area contributed by atoms with Gasteiger partial charge in [0.1, 0.15) is 6.04 Å². The Morgan fingerprint density at radius 3 is 2.52 bits per heavy atom. The number of fused-ring (bicyclic) bond motifs is 2. The quantitative estimate of drug-likeness (QED) is 0.654. The molecule has 1 saturated heterocycles. The molecule has 1 saturated carbocycles. The van der Waals surface area contributed by atoms with Gasteiger partial charge in [0.2, 0.25) is 11.8 Å². The fraction of sp³-hybridized carbons (Fsp3) is 0.524. The molecule has 0 bridgehead atoms. The molecule has 2 fully saturated rings. The van der Waals surface area contributed by atoms with Gasteiger partial charge >= 0.3 is 0 Å². The first-order chi connectivity index (χ1) is 14.0. The summed E-state index contributed by atoms with van der Waals surface area (Å²) in [6.07, 6.45) is 5.89. The average Bonchev–Trinajstić information content (AvgIpc) is 3.28. The van der Waals surface area contributed by atoms with E-state index < -0.39 is 6.04 Å². The second-order valence-corrected chi connectivity index (χ2v) is 9.70. The van der Waals surface area contributed by atoms with Crippen molar-refractivity contribution in [3.8, 4) is 0 Å². The van der Waals surface area contributed by atoms with Crippen LogP contribution in [0.2, 0.25) is 0 Å². The summed E-state index contributed by atoms with van der Waals surface area (Å²) in [4.78, 5) is 47.0. The van der Waals surface area contributed by atoms with E-state index in [4.69, 9.17) is 0 Å². The maximum absolute atomic E-state index is 13.4. The zero-order valence-electron chi connectivity index (χ0n) is 16.7. The minimum Gasteiger partial charge on any atom is -0.289 e. The van der Waals surface area contributed by atoms with E-state index in [0.29, 0.717) is 17.3 Å². The molecule has 2 aliphatic rings. The Morgan fingerprint density at radius 2 is 1.90 bits per heavy atom. The highest BCUT2D eigenvalue weighted by Crippen LogP contribution is 2.40. The lowest BCUT2D eigenvalue weighted by molar-refractivity contribution is -0.147. The third kappa shape index (κ3) is 3.68. The Kier molecular flexibility index (Phi) is 5.92. The van der Waals surface area contributed by atoms with E-state index in [-0.39, 0.29) is 29.6 Å². The standard InChI is InChI=1S/C21H25N3O3S2/c1-23(21-22-15-9-5-6-10-17(15)29-21)20(27)16(11-12-28-2)24-18(25)13-7-3-4-8-14(13)19(24)26/h5-6,9-10,13-14,16H,3-4,7-8,11-12H2,1-2H3/t13-,14+,16-/m0/s1. The Labute approximate surface area is 178 Å². The topological polar surface area (TPSA) is 70.6 Å². The first kappa shape index (κ1) is 20.3. The molecular formula is C21H25N3O3S2. The van der Waals surface area contributed by atoms with Gasteiger partial charge in [-0.2, -0.15) is 11.8 Å². The van der Waals surface area contributed by atoms with Crippen molar-refractivity contribution < 1.29 is 14.4 Å². The van der Waals surface area contributed by atoms with Gasteiger partial charge in [0.25, 0.3) is 5.91 Å².